The fourth-order valence-corrected chi connectivity index (χ4v) is 1.71. The third-order valence-electron chi connectivity index (χ3n) is 2.81. The second-order valence-corrected chi connectivity index (χ2v) is 4.43. The average molecular weight is 267 g/mol. The Hall–Kier alpha value is -1.75. The maximum Gasteiger partial charge on any atom is 0.344 e. The highest BCUT2D eigenvalue weighted by Crippen LogP contribution is 2.31. The van der Waals surface area contributed by atoms with E-state index in [1.54, 1.807) is 12.1 Å². The van der Waals surface area contributed by atoms with Crippen molar-refractivity contribution >= 4 is 5.97 Å². The van der Waals surface area contributed by atoms with Crippen LogP contribution in [0, 0.1) is 0 Å². The van der Waals surface area contributed by atoms with E-state index >= 15 is 0 Å². The molecule has 3 N–H and O–H groups in total. The maximum atomic E-state index is 11.1. The van der Waals surface area contributed by atoms with Gasteiger partial charge in [-0.3, -0.25) is 0 Å². The number of ether oxygens (including phenoxy) is 2. The zero-order chi connectivity index (χ0) is 14.4. The van der Waals surface area contributed by atoms with Crippen molar-refractivity contribution in [2.75, 3.05) is 7.11 Å². The van der Waals surface area contributed by atoms with E-state index in [1.165, 1.54) is 7.11 Å². The van der Waals surface area contributed by atoms with Gasteiger partial charge in [0, 0.05) is 6.04 Å². The van der Waals surface area contributed by atoms with E-state index in [9.17, 15) is 4.79 Å². The lowest BCUT2D eigenvalue weighted by atomic mass is 10.1. The highest BCUT2D eigenvalue weighted by Gasteiger charge is 2.20. The lowest BCUT2D eigenvalue weighted by Crippen LogP contribution is -2.26. The lowest BCUT2D eigenvalue weighted by molar-refractivity contribution is -0.145. The molecule has 0 aromatic heterocycles. The second kappa shape index (κ2) is 6.99. The maximum absolute atomic E-state index is 11.1. The smallest absolute Gasteiger partial charge is 0.344 e. The van der Waals surface area contributed by atoms with Gasteiger partial charge in [0.05, 0.1) is 7.11 Å². The average Bonchev–Trinajstić information content (AvgIpc) is 2.38. The van der Waals surface area contributed by atoms with Crippen molar-refractivity contribution in [1.29, 1.82) is 0 Å². The molecule has 1 aromatic rings. The monoisotopic (exact) mass is 267 g/mol. The van der Waals surface area contributed by atoms with Gasteiger partial charge in [0.25, 0.3) is 0 Å². The summed E-state index contributed by atoms with van der Waals surface area (Å²) in [4.78, 5) is 11.1. The minimum Gasteiger partial charge on any atom is -0.493 e. The highest BCUT2D eigenvalue weighted by atomic mass is 16.5. The molecule has 0 saturated carbocycles. The fraction of sp³-hybridized carbons (Fsp3) is 0.500. The Labute approximate surface area is 113 Å². The molecule has 1 rings (SSSR count). The normalized spacial score (nSPS) is 13.7. The first-order chi connectivity index (χ1) is 8.99. The third-order valence-corrected chi connectivity index (χ3v) is 2.81. The molecule has 0 fully saturated rings. The zero-order valence-corrected chi connectivity index (χ0v) is 11.6. The second-order valence-electron chi connectivity index (χ2n) is 4.43. The molecule has 0 spiro atoms. The van der Waals surface area contributed by atoms with Gasteiger partial charge < -0.3 is 20.3 Å². The summed E-state index contributed by atoms with van der Waals surface area (Å²) in [6.07, 6.45) is 0.324. The molecule has 0 heterocycles. The Bertz CT molecular complexity index is 431. The number of carboxylic acids is 1. The molecular formula is C14H21NO4. The van der Waals surface area contributed by atoms with Crippen LogP contribution >= 0.6 is 0 Å². The van der Waals surface area contributed by atoms with Crippen LogP contribution in [0.3, 0.4) is 0 Å². The molecule has 1 unspecified atom stereocenters. The van der Waals surface area contributed by atoms with Crippen LogP contribution in [0.4, 0.5) is 0 Å². The van der Waals surface area contributed by atoms with Gasteiger partial charge in [-0.25, -0.2) is 4.79 Å². The number of nitrogens with two attached hydrogens (primary N) is 1. The van der Waals surface area contributed by atoms with Crippen molar-refractivity contribution in [3.63, 3.8) is 0 Å². The number of aliphatic carboxylic acids is 1. The summed E-state index contributed by atoms with van der Waals surface area (Å²) in [6, 6.07) is 5.16. The van der Waals surface area contributed by atoms with Gasteiger partial charge in [-0.15, -0.1) is 0 Å². The molecule has 5 nitrogen and oxygen atoms in total. The molecule has 0 radical (unpaired) electrons. The van der Waals surface area contributed by atoms with Crippen LogP contribution in [0.15, 0.2) is 18.2 Å². The van der Waals surface area contributed by atoms with E-state index in [2.05, 4.69) is 0 Å². The van der Waals surface area contributed by atoms with Crippen molar-refractivity contribution in [2.24, 2.45) is 5.73 Å². The van der Waals surface area contributed by atoms with Crippen LogP contribution in [0.25, 0.3) is 0 Å². The Kier molecular flexibility index (Phi) is 5.63. The quantitative estimate of drug-likeness (QED) is 0.792. The van der Waals surface area contributed by atoms with Gasteiger partial charge in [-0.1, -0.05) is 19.4 Å². The first-order valence-corrected chi connectivity index (χ1v) is 6.32. The van der Waals surface area contributed by atoms with Gasteiger partial charge in [-0.2, -0.15) is 0 Å². The van der Waals surface area contributed by atoms with E-state index in [4.69, 9.17) is 20.3 Å². The van der Waals surface area contributed by atoms with E-state index in [0.29, 0.717) is 17.9 Å². The van der Waals surface area contributed by atoms with Crippen LogP contribution in [-0.2, 0) is 4.79 Å². The summed E-state index contributed by atoms with van der Waals surface area (Å²) in [6.45, 7) is 3.78. The summed E-state index contributed by atoms with van der Waals surface area (Å²) in [5, 5.41) is 9.09. The van der Waals surface area contributed by atoms with Crippen molar-refractivity contribution < 1.29 is 19.4 Å². The number of hydrogen-bond acceptors (Lipinski definition) is 4. The first kappa shape index (κ1) is 15.3. The van der Waals surface area contributed by atoms with E-state index in [1.807, 2.05) is 19.9 Å². The molecule has 0 aliphatic carbocycles. The molecule has 0 bridgehead atoms. The SMILES string of the molecule is CCCC(Oc1ccc([C@@H](C)N)cc1OC)C(=O)O. The number of methoxy groups -OCH3 is 1. The molecule has 5 heteroatoms. The summed E-state index contributed by atoms with van der Waals surface area (Å²) >= 11 is 0. The number of rotatable bonds is 7. The summed E-state index contributed by atoms with van der Waals surface area (Å²) in [5.41, 5.74) is 6.70. The largest absolute Gasteiger partial charge is 0.493 e. The van der Waals surface area contributed by atoms with E-state index < -0.39 is 12.1 Å². The van der Waals surface area contributed by atoms with Gasteiger partial charge in [-0.05, 0) is 31.0 Å². The number of carboxylic acid groups (broad SMARTS) is 1. The van der Waals surface area contributed by atoms with Crippen molar-refractivity contribution in [2.45, 2.75) is 38.8 Å². The van der Waals surface area contributed by atoms with Crippen molar-refractivity contribution in [3.05, 3.63) is 23.8 Å². The molecule has 0 amide bonds. The van der Waals surface area contributed by atoms with Crippen LogP contribution in [-0.4, -0.2) is 24.3 Å². The topological polar surface area (TPSA) is 81.8 Å². The van der Waals surface area contributed by atoms with Gasteiger partial charge in [0.1, 0.15) is 0 Å². The summed E-state index contributed by atoms with van der Waals surface area (Å²) in [5.74, 6) is -0.0509. The predicted molar refractivity (Wildman–Crippen MR) is 72.6 cm³/mol. The standard InChI is InChI=1S/C14H21NO4/c1-4-5-12(14(16)17)19-11-7-6-10(9(2)15)8-13(11)18-3/h6-9,12H,4-5,15H2,1-3H3,(H,16,17)/t9-,12?/m1/s1. The molecule has 0 aliphatic heterocycles. The highest BCUT2D eigenvalue weighted by molar-refractivity contribution is 5.72. The lowest BCUT2D eigenvalue weighted by Gasteiger charge is -2.18. The first-order valence-electron chi connectivity index (χ1n) is 6.32. The fourth-order valence-electron chi connectivity index (χ4n) is 1.71. The Balaban J connectivity index is 2.96. The third kappa shape index (κ3) is 4.13. The summed E-state index contributed by atoms with van der Waals surface area (Å²) in [7, 11) is 1.52. The number of carbonyl (C=O) groups is 1. The summed E-state index contributed by atoms with van der Waals surface area (Å²) < 4.78 is 10.7. The molecular weight excluding hydrogens is 246 g/mol. The predicted octanol–water partition coefficient (Wildman–Crippen LogP) is 2.35. The number of benzene rings is 1. The van der Waals surface area contributed by atoms with E-state index in [0.717, 1.165) is 12.0 Å². The Morgan fingerprint density at radius 2 is 2.11 bits per heavy atom. The Morgan fingerprint density at radius 3 is 2.58 bits per heavy atom. The zero-order valence-electron chi connectivity index (χ0n) is 11.6. The van der Waals surface area contributed by atoms with Gasteiger partial charge in [0.2, 0.25) is 0 Å². The Morgan fingerprint density at radius 1 is 1.42 bits per heavy atom. The van der Waals surface area contributed by atoms with E-state index in [-0.39, 0.29) is 6.04 Å². The van der Waals surface area contributed by atoms with Crippen molar-refractivity contribution in [1.82, 2.24) is 0 Å². The number of hydrogen-bond donors (Lipinski definition) is 2. The van der Waals surface area contributed by atoms with Crippen LogP contribution in [0.1, 0.15) is 38.3 Å². The van der Waals surface area contributed by atoms with Crippen LogP contribution in [0.5, 0.6) is 11.5 Å². The van der Waals surface area contributed by atoms with Crippen LogP contribution in [0.2, 0.25) is 0 Å². The molecule has 106 valence electrons. The molecule has 1 aromatic carbocycles. The minimum absolute atomic E-state index is 0.117. The molecule has 0 saturated heterocycles. The van der Waals surface area contributed by atoms with Gasteiger partial charge >= 0.3 is 5.97 Å². The molecule has 19 heavy (non-hydrogen) atoms. The molecule has 0 aliphatic rings. The van der Waals surface area contributed by atoms with Crippen LogP contribution < -0.4 is 15.2 Å². The minimum atomic E-state index is -0.972. The van der Waals surface area contributed by atoms with Crippen molar-refractivity contribution in [3.8, 4) is 11.5 Å². The molecule has 2 atom stereocenters. The van der Waals surface area contributed by atoms with Gasteiger partial charge in [0.15, 0.2) is 17.6 Å².